The first-order valence-corrected chi connectivity index (χ1v) is 18.7. The van der Waals surface area contributed by atoms with Crippen molar-refractivity contribution in [1.82, 2.24) is 15.0 Å². The topological polar surface area (TPSA) is 66.4 Å². The molecule has 268 valence electrons. The third-order valence-electron chi connectivity index (χ3n) is 11.4. The lowest BCUT2D eigenvalue weighted by atomic mass is 9.71. The van der Waals surface area contributed by atoms with Crippen LogP contribution in [-0.4, -0.2) is 52.8 Å². The Hall–Kier alpha value is -5.24. The monoisotopic (exact) mass is 723 g/mol. The minimum Gasteiger partial charge on any atom is -0.497 e. The number of para-hydroxylation sites is 1. The molecule has 8 heteroatoms. The number of benzene rings is 4. The van der Waals surface area contributed by atoms with Crippen molar-refractivity contribution in [3.05, 3.63) is 144 Å². The molecule has 53 heavy (non-hydrogen) atoms. The van der Waals surface area contributed by atoms with Gasteiger partial charge in [0.25, 0.3) is 0 Å². The molecule has 5 atom stereocenters. The summed E-state index contributed by atoms with van der Waals surface area (Å²) < 4.78 is 19.7. The fraction of sp³-hybridized carbons (Fsp3) is 0.267. The summed E-state index contributed by atoms with van der Waals surface area (Å²) in [6, 6.07) is 36.9. The zero-order chi connectivity index (χ0) is 36.4. The number of halogens is 1. The number of fused-ring (bicyclic) bond motifs is 4. The Kier molecular flexibility index (Phi) is 9.86. The Balaban J connectivity index is 1.26. The van der Waals surface area contributed by atoms with E-state index < -0.39 is 0 Å². The van der Waals surface area contributed by atoms with Crippen LogP contribution in [0.4, 0.5) is 0 Å². The lowest BCUT2D eigenvalue weighted by Gasteiger charge is -2.57. The highest BCUT2D eigenvalue weighted by molar-refractivity contribution is 6.32. The fourth-order valence-corrected chi connectivity index (χ4v) is 9.03. The zero-order valence-corrected chi connectivity index (χ0v) is 31.0. The molecule has 3 aliphatic heterocycles. The highest BCUT2D eigenvalue weighted by atomic mass is 35.5. The van der Waals surface area contributed by atoms with Gasteiger partial charge in [-0.3, -0.25) is 4.98 Å². The molecule has 0 N–H and O–H groups in total. The third kappa shape index (κ3) is 6.99. The predicted octanol–water partition coefficient (Wildman–Crippen LogP) is 10.2. The van der Waals surface area contributed by atoms with E-state index in [1.807, 2.05) is 79.0 Å². The van der Waals surface area contributed by atoms with Crippen LogP contribution < -0.4 is 14.2 Å². The summed E-state index contributed by atoms with van der Waals surface area (Å²) in [4.78, 5) is 14.7. The van der Waals surface area contributed by atoms with Crippen LogP contribution in [0.15, 0.2) is 128 Å². The lowest BCUT2D eigenvalue weighted by Crippen LogP contribution is -2.66. The maximum atomic E-state index is 7.34. The van der Waals surface area contributed by atoms with Gasteiger partial charge in [0.2, 0.25) is 5.88 Å². The normalized spacial score (nSPS) is 21.2. The number of nitrogens with zero attached hydrogens (tertiary/aromatic N) is 4. The van der Waals surface area contributed by atoms with E-state index in [2.05, 4.69) is 49.1 Å². The van der Waals surface area contributed by atoms with Gasteiger partial charge in [-0.1, -0.05) is 96.5 Å². The van der Waals surface area contributed by atoms with Gasteiger partial charge in [0.1, 0.15) is 29.3 Å². The zero-order valence-electron chi connectivity index (χ0n) is 30.2. The van der Waals surface area contributed by atoms with Gasteiger partial charge in [-0.15, -0.1) is 6.58 Å². The third-order valence-corrected chi connectivity index (χ3v) is 11.7. The molecule has 0 radical (unpaired) electrons. The average Bonchev–Trinajstić information content (AvgIpc) is 3.21. The fourth-order valence-electron chi connectivity index (χ4n) is 8.76. The highest BCUT2D eigenvalue weighted by Gasteiger charge is 2.52. The summed E-state index contributed by atoms with van der Waals surface area (Å²) >= 11 is 7.11. The van der Waals surface area contributed by atoms with Gasteiger partial charge in [-0.05, 0) is 35.7 Å². The molecule has 9 rings (SSSR count). The van der Waals surface area contributed by atoms with Crippen molar-refractivity contribution in [2.45, 2.75) is 38.0 Å². The molecule has 3 aliphatic rings. The summed E-state index contributed by atoms with van der Waals surface area (Å²) in [7, 11) is 3.42. The quantitative estimate of drug-likeness (QED) is 0.0712. The number of piperidine rings is 3. The van der Waals surface area contributed by atoms with Crippen molar-refractivity contribution in [3.63, 3.8) is 0 Å². The van der Waals surface area contributed by atoms with Crippen molar-refractivity contribution >= 4 is 22.5 Å². The number of quaternary nitrogens is 1. The standard InChI is InChI=1S/C45H44ClN4O3/c1-4-31-29-50(28-30-23-36(51-2)27-37(24-30)52-3)22-20-34(31)25-35(50)26-41(39-19-21-47-40-18-12-11-17-38(39)40)53-45-42(32-13-7-5-8-14-32)43(46)48-44(49-45)33-15-9-6-10-16-33/h4-19,21,23-24,27,31,34-35,41H,1,20,22,25-26,28-29H2,2-3H3/q+1/t31?,34?,35?,41-,50?/m1/s1. The maximum Gasteiger partial charge on any atom is 0.227 e. The molecule has 5 heterocycles. The Labute approximate surface area is 316 Å². The Bertz CT molecular complexity index is 2210. The second-order valence-electron chi connectivity index (χ2n) is 14.4. The van der Waals surface area contributed by atoms with Crippen molar-refractivity contribution in [2.75, 3.05) is 27.3 Å². The molecule has 7 nitrogen and oxygen atoms in total. The molecule has 6 aromatic rings. The van der Waals surface area contributed by atoms with Gasteiger partial charge in [0, 0.05) is 59.5 Å². The number of aromatic nitrogens is 3. The van der Waals surface area contributed by atoms with Crippen LogP contribution >= 0.6 is 11.6 Å². The minimum atomic E-state index is -0.360. The number of ether oxygens (including phenoxy) is 3. The van der Waals surface area contributed by atoms with E-state index in [1.165, 1.54) is 5.56 Å². The SMILES string of the molecule is C=CC1C[N+]2(Cc3cc(OC)cc(OC)c3)CCC1CC2C[C@@H](Oc1nc(-c2ccccc2)nc(Cl)c1-c1ccccc1)c1ccnc2ccccc12. The average molecular weight is 724 g/mol. The van der Waals surface area contributed by atoms with Gasteiger partial charge in [0.15, 0.2) is 5.82 Å². The van der Waals surface area contributed by atoms with Crippen LogP contribution in [0, 0.1) is 11.8 Å². The van der Waals surface area contributed by atoms with E-state index >= 15 is 0 Å². The smallest absolute Gasteiger partial charge is 0.227 e. The van der Waals surface area contributed by atoms with Gasteiger partial charge in [0.05, 0.1) is 44.4 Å². The van der Waals surface area contributed by atoms with Crippen LogP contribution in [-0.2, 0) is 6.54 Å². The largest absolute Gasteiger partial charge is 0.497 e. The van der Waals surface area contributed by atoms with Crippen LogP contribution in [0.25, 0.3) is 33.4 Å². The molecule has 0 spiro atoms. The molecule has 3 saturated heterocycles. The molecular formula is C45H44ClN4O3+. The first-order chi connectivity index (χ1) is 26.0. The summed E-state index contributed by atoms with van der Waals surface area (Å²) in [5.74, 6) is 3.61. The Morgan fingerprint density at radius 1 is 0.868 bits per heavy atom. The summed E-state index contributed by atoms with van der Waals surface area (Å²) in [5.41, 5.74) is 5.65. The predicted molar refractivity (Wildman–Crippen MR) is 211 cm³/mol. The summed E-state index contributed by atoms with van der Waals surface area (Å²) in [5, 5.41) is 1.41. The van der Waals surface area contributed by atoms with Gasteiger partial charge in [-0.2, -0.15) is 4.98 Å². The second kappa shape index (κ2) is 15.0. The molecule has 3 fully saturated rings. The maximum absolute atomic E-state index is 7.34. The van der Waals surface area contributed by atoms with Crippen LogP contribution in [0.1, 0.15) is 36.5 Å². The van der Waals surface area contributed by atoms with Gasteiger partial charge >= 0.3 is 0 Å². The van der Waals surface area contributed by atoms with Gasteiger partial charge < -0.3 is 18.7 Å². The van der Waals surface area contributed by atoms with E-state index in [0.717, 1.165) is 82.5 Å². The van der Waals surface area contributed by atoms with E-state index in [-0.39, 0.29) is 6.10 Å². The summed E-state index contributed by atoms with van der Waals surface area (Å²) in [6.45, 7) is 7.25. The van der Waals surface area contributed by atoms with Gasteiger partial charge in [-0.25, -0.2) is 4.98 Å². The Morgan fingerprint density at radius 2 is 1.57 bits per heavy atom. The second-order valence-corrected chi connectivity index (χ2v) is 14.7. The number of rotatable bonds is 12. The molecule has 4 unspecified atom stereocenters. The van der Waals surface area contributed by atoms with E-state index in [0.29, 0.717) is 40.3 Å². The highest BCUT2D eigenvalue weighted by Crippen LogP contribution is 2.48. The number of methoxy groups -OCH3 is 2. The molecule has 0 amide bonds. The molecule has 2 aromatic heterocycles. The van der Waals surface area contributed by atoms with E-state index in [4.69, 9.17) is 40.8 Å². The first-order valence-electron chi connectivity index (χ1n) is 18.4. The van der Waals surface area contributed by atoms with Crippen molar-refractivity contribution in [1.29, 1.82) is 0 Å². The van der Waals surface area contributed by atoms with Crippen LogP contribution in [0.3, 0.4) is 0 Å². The number of hydrogen-bond acceptors (Lipinski definition) is 6. The summed E-state index contributed by atoms with van der Waals surface area (Å²) in [6.07, 6.45) is 6.73. The number of pyridine rings is 1. The minimum absolute atomic E-state index is 0.296. The van der Waals surface area contributed by atoms with Crippen LogP contribution in [0.5, 0.6) is 17.4 Å². The van der Waals surface area contributed by atoms with Crippen molar-refractivity contribution in [2.24, 2.45) is 11.8 Å². The molecular weight excluding hydrogens is 680 g/mol. The molecule has 0 saturated carbocycles. The molecule has 0 aliphatic carbocycles. The van der Waals surface area contributed by atoms with Crippen LogP contribution in [0.2, 0.25) is 5.15 Å². The van der Waals surface area contributed by atoms with Crippen molar-refractivity contribution in [3.8, 4) is 39.9 Å². The lowest BCUT2D eigenvalue weighted by molar-refractivity contribution is -0.981. The van der Waals surface area contributed by atoms with Crippen molar-refractivity contribution < 1.29 is 18.7 Å². The first kappa shape index (κ1) is 34.8. The number of hydrogen-bond donors (Lipinski definition) is 0. The molecule has 4 aromatic carbocycles. The molecule has 2 bridgehead atoms. The Morgan fingerprint density at radius 3 is 2.28 bits per heavy atom. The van der Waals surface area contributed by atoms with E-state index in [1.54, 1.807) is 14.2 Å². The van der Waals surface area contributed by atoms with E-state index in [9.17, 15) is 0 Å².